The van der Waals surface area contributed by atoms with Gasteiger partial charge in [-0.15, -0.1) is 0 Å². The Kier molecular flexibility index (Phi) is 7.25. The first kappa shape index (κ1) is 21.2. The van der Waals surface area contributed by atoms with Gasteiger partial charge in [0.25, 0.3) is 5.91 Å². The van der Waals surface area contributed by atoms with Crippen molar-refractivity contribution in [3.63, 3.8) is 0 Å². The maximum absolute atomic E-state index is 12.4. The van der Waals surface area contributed by atoms with E-state index in [4.69, 9.17) is 9.47 Å². The summed E-state index contributed by atoms with van der Waals surface area (Å²) in [6.07, 6.45) is 1.56. The first-order valence-corrected chi connectivity index (χ1v) is 9.75. The number of benzene rings is 1. The molecule has 0 fully saturated rings. The lowest BCUT2D eigenvalue weighted by Crippen LogP contribution is -2.38. The van der Waals surface area contributed by atoms with E-state index in [1.165, 1.54) is 0 Å². The van der Waals surface area contributed by atoms with E-state index in [2.05, 4.69) is 5.32 Å². The summed E-state index contributed by atoms with van der Waals surface area (Å²) in [5, 5.41) is 2.93. The van der Waals surface area contributed by atoms with E-state index >= 15 is 0 Å². The average Bonchev–Trinajstić information content (AvgIpc) is 2.74. The number of ether oxygens (including phenoxy) is 2. The zero-order valence-electron chi connectivity index (χ0n) is 17.1. The number of carbonyl (C=O) groups excluding carboxylic acids is 2. The molecule has 1 aromatic rings. The molecule has 1 aliphatic heterocycles. The molecule has 0 aliphatic carbocycles. The third kappa shape index (κ3) is 6.24. The Hall–Kier alpha value is -2.08. The van der Waals surface area contributed by atoms with Crippen LogP contribution in [0.1, 0.15) is 58.6 Å². The smallest absolute Gasteiger partial charge is 0.410 e. The molecule has 0 saturated heterocycles. The third-order valence-corrected chi connectivity index (χ3v) is 4.35. The maximum atomic E-state index is 12.4. The molecule has 27 heavy (non-hydrogen) atoms. The number of hydrogen-bond acceptors (Lipinski definition) is 4. The molecular weight excluding hydrogens is 344 g/mol. The summed E-state index contributed by atoms with van der Waals surface area (Å²) in [5.41, 5.74) is 2.37. The van der Waals surface area contributed by atoms with Crippen molar-refractivity contribution in [1.29, 1.82) is 0 Å². The van der Waals surface area contributed by atoms with E-state index in [0.717, 1.165) is 29.7 Å². The van der Waals surface area contributed by atoms with Gasteiger partial charge in [-0.2, -0.15) is 0 Å². The van der Waals surface area contributed by atoms with Gasteiger partial charge in [-0.05, 0) is 51.7 Å². The second kappa shape index (κ2) is 9.22. The van der Waals surface area contributed by atoms with Gasteiger partial charge in [-0.3, -0.25) is 4.79 Å². The van der Waals surface area contributed by atoms with Crippen molar-refractivity contribution in [1.82, 2.24) is 4.90 Å². The molecule has 2 amide bonds. The fourth-order valence-corrected chi connectivity index (χ4v) is 2.98. The van der Waals surface area contributed by atoms with Gasteiger partial charge in [-0.25, -0.2) is 4.79 Å². The molecule has 0 radical (unpaired) electrons. The molecule has 1 N–H and O–H groups in total. The molecule has 1 atom stereocenters. The minimum absolute atomic E-state index is 0.0944. The van der Waals surface area contributed by atoms with Crippen LogP contribution >= 0.6 is 0 Å². The van der Waals surface area contributed by atoms with Gasteiger partial charge in [-0.1, -0.05) is 26.0 Å². The zero-order valence-corrected chi connectivity index (χ0v) is 17.1. The standard InChI is InChI=1S/C21H32N2O4/c1-6-11-23(20(25)27-21(3,4)5)12-10-15-8-9-17-16(13-15)14-26-18(7-2)19(24)22-17/h8-9,13,18H,6-7,10-12,14H2,1-5H3,(H,22,24). The first-order chi connectivity index (χ1) is 12.7. The number of carbonyl (C=O) groups is 2. The minimum Gasteiger partial charge on any atom is -0.444 e. The van der Waals surface area contributed by atoms with Gasteiger partial charge >= 0.3 is 6.09 Å². The lowest BCUT2D eigenvalue weighted by molar-refractivity contribution is -0.127. The van der Waals surface area contributed by atoms with Gasteiger partial charge in [0.15, 0.2) is 0 Å². The van der Waals surface area contributed by atoms with E-state index in [-0.39, 0.29) is 12.0 Å². The van der Waals surface area contributed by atoms with Crippen molar-refractivity contribution >= 4 is 17.7 Å². The van der Waals surface area contributed by atoms with Crippen LogP contribution in [0.4, 0.5) is 10.5 Å². The lowest BCUT2D eigenvalue weighted by Gasteiger charge is -2.27. The summed E-state index contributed by atoms with van der Waals surface area (Å²) in [4.78, 5) is 26.2. The van der Waals surface area contributed by atoms with E-state index in [1.54, 1.807) is 4.90 Å². The molecular formula is C21H32N2O4. The van der Waals surface area contributed by atoms with Gasteiger partial charge in [0, 0.05) is 24.3 Å². The first-order valence-electron chi connectivity index (χ1n) is 9.75. The zero-order chi connectivity index (χ0) is 20.0. The van der Waals surface area contributed by atoms with Gasteiger partial charge in [0.2, 0.25) is 0 Å². The predicted octanol–water partition coefficient (Wildman–Crippen LogP) is 4.12. The number of nitrogens with zero attached hydrogens (tertiary/aromatic N) is 1. The van der Waals surface area contributed by atoms with Gasteiger partial charge in [0.05, 0.1) is 6.61 Å². The van der Waals surface area contributed by atoms with E-state index < -0.39 is 11.7 Å². The van der Waals surface area contributed by atoms with Gasteiger partial charge < -0.3 is 19.7 Å². The maximum Gasteiger partial charge on any atom is 0.410 e. The highest BCUT2D eigenvalue weighted by Gasteiger charge is 2.24. The minimum atomic E-state index is -0.501. The summed E-state index contributed by atoms with van der Waals surface area (Å²) in [6.45, 7) is 11.3. The summed E-state index contributed by atoms with van der Waals surface area (Å²) in [7, 11) is 0. The fourth-order valence-electron chi connectivity index (χ4n) is 2.98. The summed E-state index contributed by atoms with van der Waals surface area (Å²) in [6, 6.07) is 5.96. The molecule has 1 heterocycles. The molecule has 1 unspecified atom stereocenters. The van der Waals surface area contributed by atoms with E-state index in [9.17, 15) is 9.59 Å². The summed E-state index contributed by atoms with van der Waals surface area (Å²) < 4.78 is 11.2. The summed E-state index contributed by atoms with van der Waals surface area (Å²) in [5.74, 6) is -0.0944. The van der Waals surface area contributed by atoms with Crippen molar-refractivity contribution in [2.24, 2.45) is 0 Å². The molecule has 1 aromatic carbocycles. The van der Waals surface area contributed by atoms with Crippen LogP contribution in [0.15, 0.2) is 18.2 Å². The number of hydrogen-bond donors (Lipinski definition) is 1. The van der Waals surface area contributed by atoms with Crippen LogP contribution < -0.4 is 5.32 Å². The molecule has 0 aromatic heterocycles. The van der Waals surface area contributed by atoms with Crippen molar-refractivity contribution in [2.45, 2.75) is 72.2 Å². The molecule has 6 nitrogen and oxygen atoms in total. The fraction of sp³-hybridized carbons (Fsp3) is 0.619. The van der Waals surface area contributed by atoms with Gasteiger partial charge in [0.1, 0.15) is 11.7 Å². The second-order valence-electron chi connectivity index (χ2n) is 7.91. The Morgan fingerprint density at radius 3 is 2.67 bits per heavy atom. The van der Waals surface area contributed by atoms with Crippen molar-refractivity contribution in [2.75, 3.05) is 18.4 Å². The lowest BCUT2D eigenvalue weighted by atomic mass is 10.1. The number of amides is 2. The highest BCUT2D eigenvalue weighted by Crippen LogP contribution is 2.24. The average molecular weight is 376 g/mol. The van der Waals surface area contributed by atoms with Crippen molar-refractivity contribution in [3.05, 3.63) is 29.3 Å². The quantitative estimate of drug-likeness (QED) is 0.811. The Bertz CT molecular complexity index is 667. The van der Waals surface area contributed by atoms with Crippen LogP contribution in [0.25, 0.3) is 0 Å². The SMILES string of the molecule is CCCN(CCc1ccc2c(c1)COC(CC)C(=O)N2)C(=O)OC(C)(C)C. The Balaban J connectivity index is 2.04. The number of anilines is 1. The van der Waals surface area contributed by atoms with Crippen LogP contribution in [-0.2, 0) is 27.3 Å². The monoisotopic (exact) mass is 376 g/mol. The molecule has 0 spiro atoms. The number of fused-ring (bicyclic) bond motifs is 1. The Morgan fingerprint density at radius 2 is 2.04 bits per heavy atom. The highest BCUT2D eigenvalue weighted by molar-refractivity contribution is 5.95. The van der Waals surface area contributed by atoms with Crippen LogP contribution in [0.2, 0.25) is 0 Å². The van der Waals surface area contributed by atoms with Crippen LogP contribution in [-0.4, -0.2) is 41.7 Å². The van der Waals surface area contributed by atoms with E-state index in [1.807, 2.05) is 52.8 Å². The molecule has 0 bridgehead atoms. The number of rotatable bonds is 6. The van der Waals surface area contributed by atoms with Crippen molar-refractivity contribution < 1.29 is 19.1 Å². The second-order valence-corrected chi connectivity index (χ2v) is 7.91. The number of nitrogens with one attached hydrogen (secondary N) is 1. The van der Waals surface area contributed by atoms with Crippen LogP contribution in [0, 0.1) is 0 Å². The summed E-state index contributed by atoms with van der Waals surface area (Å²) >= 11 is 0. The largest absolute Gasteiger partial charge is 0.444 e. The van der Waals surface area contributed by atoms with E-state index in [0.29, 0.717) is 26.1 Å². The molecule has 0 saturated carbocycles. The molecule has 150 valence electrons. The van der Waals surface area contributed by atoms with Crippen LogP contribution in [0.3, 0.4) is 0 Å². The Morgan fingerprint density at radius 1 is 1.30 bits per heavy atom. The highest BCUT2D eigenvalue weighted by atomic mass is 16.6. The molecule has 1 aliphatic rings. The van der Waals surface area contributed by atoms with Crippen LogP contribution in [0.5, 0.6) is 0 Å². The molecule has 6 heteroatoms. The molecule has 2 rings (SSSR count). The Labute approximate surface area is 162 Å². The third-order valence-electron chi connectivity index (χ3n) is 4.35. The normalized spacial score (nSPS) is 16.9. The predicted molar refractivity (Wildman–Crippen MR) is 106 cm³/mol. The topological polar surface area (TPSA) is 67.9 Å². The van der Waals surface area contributed by atoms with Crippen molar-refractivity contribution in [3.8, 4) is 0 Å².